The van der Waals surface area contributed by atoms with E-state index in [2.05, 4.69) is 50.1 Å². The molecule has 0 radical (unpaired) electrons. The van der Waals surface area contributed by atoms with Crippen LogP contribution in [0.3, 0.4) is 0 Å². The van der Waals surface area contributed by atoms with Crippen molar-refractivity contribution in [2.45, 2.75) is 39.4 Å². The summed E-state index contributed by atoms with van der Waals surface area (Å²) >= 11 is 0. The number of nitrogens with zero attached hydrogens (tertiary/aromatic N) is 1. The first-order chi connectivity index (χ1) is 13.0. The summed E-state index contributed by atoms with van der Waals surface area (Å²) in [6.07, 6.45) is 1.46. The normalized spacial score (nSPS) is 20.5. The van der Waals surface area contributed by atoms with Crippen LogP contribution in [0.15, 0.2) is 36.4 Å². The van der Waals surface area contributed by atoms with Gasteiger partial charge in [-0.25, -0.2) is 0 Å². The van der Waals surface area contributed by atoms with Crippen molar-refractivity contribution in [2.24, 2.45) is 5.92 Å². The average Bonchev–Trinajstić information content (AvgIpc) is 2.66. The topological polar surface area (TPSA) is 41.9 Å². The summed E-state index contributed by atoms with van der Waals surface area (Å²) in [5.41, 5.74) is 4.82. The van der Waals surface area contributed by atoms with Gasteiger partial charge in [0.1, 0.15) is 6.61 Å². The number of ether oxygens (including phenoxy) is 2. The van der Waals surface area contributed by atoms with Crippen molar-refractivity contribution in [3.05, 3.63) is 58.7 Å². The molecule has 0 aromatic heterocycles. The number of hydrogen-bond donors (Lipinski definition) is 1. The maximum absolute atomic E-state index is 10.3. The van der Waals surface area contributed by atoms with Gasteiger partial charge in [-0.3, -0.25) is 0 Å². The van der Waals surface area contributed by atoms with Crippen molar-refractivity contribution in [3.8, 4) is 11.5 Å². The van der Waals surface area contributed by atoms with Gasteiger partial charge in [0.05, 0.1) is 13.2 Å². The van der Waals surface area contributed by atoms with Gasteiger partial charge in [0.2, 0.25) is 0 Å². The number of aliphatic hydroxyl groups is 1. The Morgan fingerprint density at radius 1 is 1.11 bits per heavy atom. The lowest BCUT2D eigenvalue weighted by Crippen LogP contribution is -2.41. The standard InChI is InChI=1S/C23H31NO3/c1-16-5-6-17(2)20(11-16)15-27-22-8-7-18(13-23(22)26-4)12-19-14-24(3)10-9-21(19)25/h5-8,11,13,19,21,25H,9-10,12,14-15H2,1-4H3. The monoisotopic (exact) mass is 369 g/mol. The fraction of sp³-hybridized carbons (Fsp3) is 0.478. The highest BCUT2D eigenvalue weighted by Gasteiger charge is 2.26. The van der Waals surface area contributed by atoms with Gasteiger partial charge >= 0.3 is 0 Å². The second kappa shape index (κ2) is 8.77. The molecule has 1 N–H and O–H groups in total. The first-order valence-electron chi connectivity index (χ1n) is 9.68. The van der Waals surface area contributed by atoms with Gasteiger partial charge in [-0.15, -0.1) is 0 Å². The second-order valence-corrected chi connectivity index (χ2v) is 7.79. The van der Waals surface area contributed by atoms with Gasteiger partial charge in [-0.2, -0.15) is 0 Å². The molecule has 27 heavy (non-hydrogen) atoms. The molecule has 1 fully saturated rings. The molecule has 4 nitrogen and oxygen atoms in total. The second-order valence-electron chi connectivity index (χ2n) is 7.79. The lowest BCUT2D eigenvalue weighted by molar-refractivity contribution is 0.0366. The van der Waals surface area contributed by atoms with Crippen molar-refractivity contribution in [2.75, 3.05) is 27.2 Å². The molecule has 1 aliphatic rings. The molecule has 0 amide bonds. The molecule has 2 aromatic carbocycles. The first kappa shape index (κ1) is 19.7. The van der Waals surface area contributed by atoms with Crippen LogP contribution < -0.4 is 9.47 Å². The van der Waals surface area contributed by atoms with Crippen LogP contribution >= 0.6 is 0 Å². The molecule has 1 aliphatic heterocycles. The maximum atomic E-state index is 10.3. The molecule has 4 heteroatoms. The zero-order valence-electron chi connectivity index (χ0n) is 16.9. The number of piperidine rings is 1. The Labute approximate surface area is 162 Å². The Kier molecular flexibility index (Phi) is 6.40. The van der Waals surface area contributed by atoms with E-state index >= 15 is 0 Å². The fourth-order valence-electron chi connectivity index (χ4n) is 3.77. The number of aryl methyl sites for hydroxylation is 2. The molecule has 1 heterocycles. The summed E-state index contributed by atoms with van der Waals surface area (Å²) in [6, 6.07) is 12.5. The molecule has 2 aromatic rings. The summed E-state index contributed by atoms with van der Waals surface area (Å²) in [4.78, 5) is 2.29. The molecule has 3 rings (SSSR count). The predicted molar refractivity (Wildman–Crippen MR) is 109 cm³/mol. The van der Waals surface area contributed by atoms with Crippen molar-refractivity contribution in [1.29, 1.82) is 0 Å². The predicted octanol–water partition coefficient (Wildman–Crippen LogP) is 3.75. The lowest BCUT2D eigenvalue weighted by atomic mass is 9.89. The summed E-state index contributed by atoms with van der Waals surface area (Å²) in [6.45, 7) is 6.61. The van der Waals surface area contributed by atoms with Crippen molar-refractivity contribution in [1.82, 2.24) is 4.90 Å². The highest BCUT2D eigenvalue weighted by molar-refractivity contribution is 5.43. The fourth-order valence-corrected chi connectivity index (χ4v) is 3.77. The lowest BCUT2D eigenvalue weighted by Gasteiger charge is -2.34. The first-order valence-corrected chi connectivity index (χ1v) is 9.68. The zero-order chi connectivity index (χ0) is 19.4. The molecule has 2 atom stereocenters. The van der Waals surface area contributed by atoms with Crippen molar-refractivity contribution in [3.63, 3.8) is 0 Å². The largest absolute Gasteiger partial charge is 0.493 e. The van der Waals surface area contributed by atoms with Crippen molar-refractivity contribution < 1.29 is 14.6 Å². The Bertz CT molecular complexity index is 774. The zero-order valence-corrected chi connectivity index (χ0v) is 16.9. The number of methoxy groups -OCH3 is 1. The molecule has 0 bridgehead atoms. The molecular weight excluding hydrogens is 338 g/mol. The van der Waals surface area contributed by atoms with Crippen LogP contribution in [0.4, 0.5) is 0 Å². The molecule has 1 saturated heterocycles. The summed E-state index contributed by atoms with van der Waals surface area (Å²) in [5, 5.41) is 10.3. The van der Waals surface area contributed by atoms with Crippen molar-refractivity contribution >= 4 is 0 Å². The smallest absolute Gasteiger partial charge is 0.161 e. The van der Waals surface area contributed by atoms with E-state index < -0.39 is 0 Å². The highest BCUT2D eigenvalue weighted by atomic mass is 16.5. The molecule has 0 aliphatic carbocycles. The minimum atomic E-state index is -0.229. The molecule has 146 valence electrons. The Hall–Kier alpha value is -2.04. The maximum Gasteiger partial charge on any atom is 0.161 e. The van der Waals surface area contributed by atoms with E-state index in [1.807, 2.05) is 12.1 Å². The van der Waals surface area contributed by atoms with E-state index in [0.717, 1.165) is 37.4 Å². The quantitative estimate of drug-likeness (QED) is 0.842. The summed E-state index contributed by atoms with van der Waals surface area (Å²) < 4.78 is 11.6. The number of likely N-dealkylation sites (tertiary alicyclic amines) is 1. The third-order valence-electron chi connectivity index (χ3n) is 5.51. The minimum Gasteiger partial charge on any atom is -0.493 e. The van der Waals surface area contributed by atoms with Crippen LogP contribution in [0, 0.1) is 19.8 Å². The third kappa shape index (κ3) is 5.02. The highest BCUT2D eigenvalue weighted by Crippen LogP contribution is 2.31. The number of aliphatic hydroxyl groups excluding tert-OH is 1. The van der Waals surface area contributed by atoms with Crippen LogP contribution in [-0.4, -0.2) is 43.4 Å². The van der Waals surface area contributed by atoms with E-state index in [-0.39, 0.29) is 12.0 Å². The number of rotatable bonds is 6. The van der Waals surface area contributed by atoms with Gasteiger partial charge in [0.25, 0.3) is 0 Å². The SMILES string of the molecule is COc1cc(CC2CN(C)CCC2O)ccc1OCc1cc(C)ccc1C. The Balaban J connectivity index is 1.69. The average molecular weight is 370 g/mol. The molecular formula is C23H31NO3. The number of hydrogen-bond acceptors (Lipinski definition) is 4. The molecule has 2 unspecified atom stereocenters. The van der Waals surface area contributed by atoms with E-state index in [4.69, 9.17) is 9.47 Å². The van der Waals surface area contributed by atoms with E-state index in [9.17, 15) is 5.11 Å². The Morgan fingerprint density at radius 3 is 2.70 bits per heavy atom. The molecule has 0 spiro atoms. The third-order valence-corrected chi connectivity index (χ3v) is 5.51. The molecule has 0 saturated carbocycles. The van der Waals surface area contributed by atoms with Crippen LogP contribution in [0.1, 0.15) is 28.7 Å². The van der Waals surface area contributed by atoms with Crippen LogP contribution in [-0.2, 0) is 13.0 Å². The van der Waals surface area contributed by atoms with Crippen LogP contribution in [0.5, 0.6) is 11.5 Å². The van der Waals surface area contributed by atoms with Gasteiger partial charge in [0, 0.05) is 19.0 Å². The van der Waals surface area contributed by atoms with Crippen LogP contribution in [0.2, 0.25) is 0 Å². The van der Waals surface area contributed by atoms with E-state index in [1.54, 1.807) is 7.11 Å². The summed E-state index contributed by atoms with van der Waals surface area (Å²) in [5.74, 6) is 1.76. The van der Waals surface area contributed by atoms with Gasteiger partial charge in [0.15, 0.2) is 11.5 Å². The van der Waals surface area contributed by atoms with Gasteiger partial charge in [-0.05, 0) is 62.6 Å². The van der Waals surface area contributed by atoms with Gasteiger partial charge in [-0.1, -0.05) is 29.8 Å². The summed E-state index contributed by atoms with van der Waals surface area (Å²) in [7, 11) is 3.79. The van der Waals surface area contributed by atoms with E-state index in [1.165, 1.54) is 22.3 Å². The minimum absolute atomic E-state index is 0.229. The van der Waals surface area contributed by atoms with Gasteiger partial charge < -0.3 is 19.5 Å². The van der Waals surface area contributed by atoms with Crippen LogP contribution in [0.25, 0.3) is 0 Å². The Morgan fingerprint density at radius 2 is 1.93 bits per heavy atom. The number of benzene rings is 2. The van der Waals surface area contributed by atoms with E-state index in [0.29, 0.717) is 6.61 Å².